The first-order chi connectivity index (χ1) is 9.89. The number of fused-ring (bicyclic) bond motifs is 1. The van der Waals surface area contributed by atoms with Crippen molar-refractivity contribution in [3.63, 3.8) is 0 Å². The number of aliphatic imine (C=N–C) groups is 1. The largest absolute Gasteiger partial charge is 0.469 e. The number of hydrogen-bond acceptors (Lipinski definition) is 2. The van der Waals surface area contributed by atoms with Crippen molar-refractivity contribution in [1.29, 1.82) is 0 Å². The van der Waals surface area contributed by atoms with Crippen LogP contribution in [0, 0.1) is 10.8 Å². The van der Waals surface area contributed by atoms with Gasteiger partial charge >= 0.3 is 0 Å². The van der Waals surface area contributed by atoms with Crippen LogP contribution < -0.4 is 0 Å². The van der Waals surface area contributed by atoms with Gasteiger partial charge in [0.15, 0.2) is 0 Å². The van der Waals surface area contributed by atoms with Gasteiger partial charge in [-0.05, 0) is 31.7 Å². The van der Waals surface area contributed by atoms with Gasteiger partial charge in [0.1, 0.15) is 6.10 Å². The van der Waals surface area contributed by atoms with Gasteiger partial charge in [0, 0.05) is 16.5 Å². The van der Waals surface area contributed by atoms with Gasteiger partial charge in [-0.2, -0.15) is 0 Å². The first-order valence-corrected chi connectivity index (χ1v) is 8.25. The molecule has 2 nitrogen and oxygen atoms in total. The maximum absolute atomic E-state index is 6.30. The van der Waals surface area contributed by atoms with Gasteiger partial charge < -0.3 is 4.74 Å². The second kappa shape index (κ2) is 5.40. The molecule has 1 aliphatic rings. The monoisotopic (exact) mass is 301 g/mol. The van der Waals surface area contributed by atoms with Crippen molar-refractivity contribution < 1.29 is 4.74 Å². The topological polar surface area (TPSA) is 21.6 Å². The summed E-state index contributed by atoms with van der Waals surface area (Å²) in [5.74, 6) is 0.810. The maximum atomic E-state index is 6.30. The van der Waals surface area contributed by atoms with E-state index in [-0.39, 0.29) is 22.5 Å². The molecule has 0 radical (unpaired) electrons. The number of benzene rings is 1. The van der Waals surface area contributed by atoms with Gasteiger partial charge in [-0.1, -0.05) is 59.7 Å². The Kier molecular flexibility index (Phi) is 4.18. The Morgan fingerprint density at radius 3 is 2.09 bits per heavy atom. The van der Waals surface area contributed by atoms with Crippen LogP contribution in [0.3, 0.4) is 0 Å². The fourth-order valence-corrected chi connectivity index (χ4v) is 3.50. The van der Waals surface area contributed by atoms with Crippen LogP contribution in [0.5, 0.6) is 0 Å². The molecule has 122 valence electrons. The van der Waals surface area contributed by atoms with E-state index in [0.29, 0.717) is 0 Å². The SMILES string of the molecule is CC(C)(C)CC(C)(C)N=C1OC(C(C)(C)C)c2ccccc21. The second-order valence-corrected chi connectivity index (χ2v) is 9.42. The highest BCUT2D eigenvalue weighted by Crippen LogP contribution is 2.43. The molecule has 0 bridgehead atoms. The van der Waals surface area contributed by atoms with Crippen LogP contribution in [0.2, 0.25) is 0 Å². The third kappa shape index (κ3) is 3.91. The summed E-state index contributed by atoms with van der Waals surface area (Å²) in [6.45, 7) is 17.8. The summed E-state index contributed by atoms with van der Waals surface area (Å²) < 4.78 is 6.30. The molecule has 1 aliphatic heterocycles. The molecule has 0 N–H and O–H groups in total. The lowest BCUT2D eigenvalue weighted by Crippen LogP contribution is -2.27. The predicted octanol–water partition coefficient (Wildman–Crippen LogP) is 5.77. The molecule has 2 heteroatoms. The summed E-state index contributed by atoms with van der Waals surface area (Å²) in [4.78, 5) is 4.99. The van der Waals surface area contributed by atoms with E-state index in [0.717, 1.165) is 17.9 Å². The molecule has 1 unspecified atom stereocenters. The highest BCUT2D eigenvalue weighted by atomic mass is 16.5. The molecule has 0 saturated heterocycles. The molecule has 1 atom stereocenters. The number of nitrogens with zero attached hydrogens (tertiary/aromatic N) is 1. The van der Waals surface area contributed by atoms with E-state index in [9.17, 15) is 0 Å². The molecule has 1 aromatic rings. The molecule has 0 saturated carbocycles. The first kappa shape index (κ1) is 17.1. The van der Waals surface area contributed by atoms with Crippen LogP contribution in [0.15, 0.2) is 29.3 Å². The van der Waals surface area contributed by atoms with Crippen LogP contribution in [0.1, 0.15) is 79.0 Å². The molecule has 0 aromatic heterocycles. The van der Waals surface area contributed by atoms with Crippen molar-refractivity contribution in [3.05, 3.63) is 35.4 Å². The lowest BCUT2D eigenvalue weighted by Gasteiger charge is -2.30. The lowest BCUT2D eigenvalue weighted by molar-refractivity contribution is 0.0866. The third-order valence-electron chi connectivity index (χ3n) is 3.86. The number of ether oxygens (including phenoxy) is 1. The average molecular weight is 301 g/mol. The number of rotatable bonds is 2. The molecule has 2 rings (SSSR count). The van der Waals surface area contributed by atoms with E-state index in [1.807, 2.05) is 0 Å². The zero-order valence-electron chi connectivity index (χ0n) is 15.4. The zero-order chi connectivity index (χ0) is 16.8. The highest BCUT2D eigenvalue weighted by molar-refractivity contribution is 5.98. The van der Waals surface area contributed by atoms with Crippen LogP contribution in [-0.4, -0.2) is 11.4 Å². The number of hydrogen-bond donors (Lipinski definition) is 0. The molecular weight excluding hydrogens is 270 g/mol. The van der Waals surface area contributed by atoms with Crippen molar-refractivity contribution in [2.75, 3.05) is 0 Å². The van der Waals surface area contributed by atoms with E-state index in [1.54, 1.807) is 0 Å². The fourth-order valence-electron chi connectivity index (χ4n) is 3.50. The zero-order valence-corrected chi connectivity index (χ0v) is 15.4. The maximum Gasteiger partial charge on any atom is 0.217 e. The van der Waals surface area contributed by atoms with Crippen LogP contribution in [-0.2, 0) is 4.74 Å². The van der Waals surface area contributed by atoms with Crippen LogP contribution >= 0.6 is 0 Å². The summed E-state index contributed by atoms with van der Waals surface area (Å²) >= 11 is 0. The minimum absolute atomic E-state index is 0.0571. The van der Waals surface area contributed by atoms with Gasteiger partial charge in [0.25, 0.3) is 0 Å². The summed E-state index contributed by atoms with van der Waals surface area (Å²) in [7, 11) is 0. The van der Waals surface area contributed by atoms with E-state index in [2.05, 4.69) is 79.7 Å². The molecule has 22 heavy (non-hydrogen) atoms. The standard InChI is InChI=1S/C20H31NO/c1-18(2,3)13-20(7,8)21-17-15-12-10-9-11-14(15)16(22-17)19(4,5)6/h9-12,16H,13H2,1-8H3. The second-order valence-electron chi connectivity index (χ2n) is 9.42. The summed E-state index contributed by atoms with van der Waals surface area (Å²) in [5.41, 5.74) is 2.59. The molecule has 0 amide bonds. The third-order valence-corrected chi connectivity index (χ3v) is 3.86. The summed E-state index contributed by atoms with van der Waals surface area (Å²) in [5, 5.41) is 0. The Labute approximate surface area is 136 Å². The van der Waals surface area contributed by atoms with Crippen LogP contribution in [0.4, 0.5) is 0 Å². The van der Waals surface area contributed by atoms with E-state index in [1.165, 1.54) is 5.56 Å². The van der Waals surface area contributed by atoms with Crippen LogP contribution in [0.25, 0.3) is 0 Å². The first-order valence-electron chi connectivity index (χ1n) is 8.25. The molecule has 0 spiro atoms. The Bertz CT molecular complexity index is 570. The summed E-state index contributed by atoms with van der Waals surface area (Å²) in [6.07, 6.45) is 1.10. The molecule has 0 aliphatic carbocycles. The van der Waals surface area contributed by atoms with E-state index >= 15 is 0 Å². The van der Waals surface area contributed by atoms with E-state index in [4.69, 9.17) is 9.73 Å². The van der Waals surface area contributed by atoms with Crippen molar-refractivity contribution in [2.24, 2.45) is 15.8 Å². The predicted molar refractivity (Wildman–Crippen MR) is 94.4 cm³/mol. The Morgan fingerprint density at radius 2 is 1.55 bits per heavy atom. The van der Waals surface area contributed by atoms with Crippen molar-refractivity contribution in [3.8, 4) is 0 Å². The van der Waals surface area contributed by atoms with Gasteiger partial charge in [0.05, 0.1) is 5.54 Å². The summed E-state index contributed by atoms with van der Waals surface area (Å²) in [6, 6.07) is 8.46. The van der Waals surface area contributed by atoms with Gasteiger partial charge in [-0.25, -0.2) is 4.99 Å². The Balaban J connectivity index is 2.40. The Hall–Kier alpha value is -1.31. The molecular formula is C20H31NO. The van der Waals surface area contributed by atoms with Gasteiger partial charge in [0.2, 0.25) is 5.90 Å². The van der Waals surface area contributed by atoms with Crippen molar-refractivity contribution in [1.82, 2.24) is 0 Å². The molecule has 1 aromatic carbocycles. The minimum atomic E-state index is -0.131. The molecule has 1 heterocycles. The lowest BCUT2D eigenvalue weighted by atomic mass is 9.82. The average Bonchev–Trinajstić information content (AvgIpc) is 2.64. The van der Waals surface area contributed by atoms with E-state index < -0.39 is 0 Å². The molecule has 0 fully saturated rings. The van der Waals surface area contributed by atoms with Gasteiger partial charge in [-0.15, -0.1) is 0 Å². The van der Waals surface area contributed by atoms with Gasteiger partial charge in [-0.3, -0.25) is 0 Å². The fraction of sp³-hybridized carbons (Fsp3) is 0.650. The van der Waals surface area contributed by atoms with Crippen molar-refractivity contribution >= 4 is 5.90 Å². The van der Waals surface area contributed by atoms with Crippen molar-refractivity contribution in [2.45, 2.75) is 73.5 Å². The highest BCUT2D eigenvalue weighted by Gasteiger charge is 2.38. The Morgan fingerprint density at radius 1 is 0.955 bits per heavy atom. The smallest absolute Gasteiger partial charge is 0.217 e. The normalized spacial score (nSPS) is 20.9. The minimum Gasteiger partial charge on any atom is -0.469 e. The quantitative estimate of drug-likeness (QED) is 0.680.